The Kier molecular flexibility index (Phi) is 6.05. The van der Waals surface area contributed by atoms with E-state index in [1.54, 1.807) is 29.2 Å². The number of ether oxygens (including phenoxy) is 1. The van der Waals surface area contributed by atoms with Gasteiger partial charge in [0.25, 0.3) is 11.8 Å². The molecular formula is C28H28N2O3. The number of rotatable bonds is 6. The van der Waals surface area contributed by atoms with Crippen LogP contribution in [0.4, 0.5) is 11.4 Å². The molecule has 1 aliphatic rings. The van der Waals surface area contributed by atoms with E-state index in [1.807, 2.05) is 83.3 Å². The van der Waals surface area contributed by atoms with Crippen LogP contribution in [0.5, 0.6) is 5.75 Å². The fraction of sp³-hybridized carbons (Fsp3) is 0.214. The van der Waals surface area contributed by atoms with Gasteiger partial charge in [0.05, 0.1) is 17.4 Å². The Labute approximate surface area is 194 Å². The molecule has 0 spiro atoms. The molecule has 2 amide bonds. The minimum atomic E-state index is -0.350. The molecule has 0 aromatic heterocycles. The van der Waals surface area contributed by atoms with Crippen LogP contribution >= 0.6 is 0 Å². The van der Waals surface area contributed by atoms with Gasteiger partial charge < -0.3 is 9.64 Å². The minimum absolute atomic E-state index is 0.0371. The van der Waals surface area contributed by atoms with Crippen molar-refractivity contribution in [1.82, 2.24) is 0 Å². The zero-order chi connectivity index (χ0) is 23.7. The summed E-state index contributed by atoms with van der Waals surface area (Å²) in [5, 5.41) is 0. The van der Waals surface area contributed by atoms with Crippen molar-refractivity contribution in [3.63, 3.8) is 0 Å². The zero-order valence-corrected chi connectivity index (χ0v) is 19.6. The number of aryl methyl sites for hydroxylation is 2. The van der Waals surface area contributed by atoms with Crippen molar-refractivity contribution < 1.29 is 14.3 Å². The smallest absolute Gasteiger partial charge is 0.282 e. The molecule has 0 aliphatic carbocycles. The standard InChI is InChI=1S/C28H28N2O3/c1-18(2)33-24-15-13-23(14-16-24)30-27(31)25(21-12-11-19(3)20(4)17-21)26(28(30)32)29(5)22-9-7-6-8-10-22/h6-18H,1-5H3. The molecule has 0 saturated carbocycles. The van der Waals surface area contributed by atoms with Gasteiger partial charge in [0, 0.05) is 12.7 Å². The van der Waals surface area contributed by atoms with Gasteiger partial charge in [0.2, 0.25) is 0 Å². The molecule has 0 saturated heterocycles. The van der Waals surface area contributed by atoms with Crippen molar-refractivity contribution in [3.05, 3.63) is 95.2 Å². The summed E-state index contributed by atoms with van der Waals surface area (Å²) in [6, 6.07) is 22.5. The first kappa shape index (κ1) is 22.3. The molecule has 0 fully saturated rings. The second-order valence-electron chi connectivity index (χ2n) is 8.52. The van der Waals surface area contributed by atoms with Crippen LogP contribution in [0.3, 0.4) is 0 Å². The van der Waals surface area contributed by atoms with Gasteiger partial charge in [-0.05, 0) is 80.8 Å². The Balaban J connectivity index is 1.81. The number of carbonyl (C=O) groups is 2. The van der Waals surface area contributed by atoms with Crippen molar-refractivity contribution in [3.8, 4) is 5.75 Å². The van der Waals surface area contributed by atoms with E-state index in [2.05, 4.69) is 0 Å². The van der Waals surface area contributed by atoms with Crippen LogP contribution in [0, 0.1) is 13.8 Å². The molecule has 3 aromatic rings. The topological polar surface area (TPSA) is 49.9 Å². The molecule has 0 atom stereocenters. The van der Waals surface area contributed by atoms with Gasteiger partial charge in [0.15, 0.2) is 0 Å². The molecule has 0 unspecified atom stereocenters. The number of imide groups is 1. The Morgan fingerprint density at radius 3 is 2.09 bits per heavy atom. The summed E-state index contributed by atoms with van der Waals surface area (Å²) < 4.78 is 5.71. The predicted octanol–water partition coefficient (Wildman–Crippen LogP) is 5.51. The van der Waals surface area contributed by atoms with Crippen LogP contribution in [0.2, 0.25) is 0 Å². The fourth-order valence-electron chi connectivity index (χ4n) is 3.95. The lowest BCUT2D eigenvalue weighted by Crippen LogP contribution is -2.34. The maximum absolute atomic E-state index is 13.7. The molecule has 168 valence electrons. The Hall–Kier alpha value is -3.86. The average molecular weight is 441 g/mol. The van der Waals surface area contributed by atoms with Crippen LogP contribution in [0.1, 0.15) is 30.5 Å². The highest BCUT2D eigenvalue weighted by Crippen LogP contribution is 2.37. The minimum Gasteiger partial charge on any atom is -0.491 e. The molecule has 0 N–H and O–H groups in total. The Morgan fingerprint density at radius 1 is 0.818 bits per heavy atom. The number of amides is 2. The number of carbonyl (C=O) groups excluding carboxylic acids is 2. The summed E-state index contributed by atoms with van der Waals surface area (Å²) >= 11 is 0. The lowest BCUT2D eigenvalue weighted by Gasteiger charge is -2.22. The van der Waals surface area contributed by atoms with Crippen molar-refractivity contribution in [2.45, 2.75) is 33.8 Å². The van der Waals surface area contributed by atoms with Gasteiger partial charge in [0.1, 0.15) is 11.4 Å². The molecule has 0 bridgehead atoms. The van der Waals surface area contributed by atoms with E-state index in [0.717, 1.165) is 22.4 Å². The molecular weight excluding hydrogens is 412 g/mol. The number of para-hydroxylation sites is 1. The number of hydrogen-bond acceptors (Lipinski definition) is 4. The first-order valence-electron chi connectivity index (χ1n) is 11.0. The van der Waals surface area contributed by atoms with Gasteiger partial charge in [-0.1, -0.05) is 36.4 Å². The number of nitrogens with zero attached hydrogens (tertiary/aromatic N) is 2. The number of hydrogen-bond donors (Lipinski definition) is 0. The highest BCUT2D eigenvalue weighted by Gasteiger charge is 2.42. The van der Waals surface area contributed by atoms with Gasteiger partial charge in [-0.15, -0.1) is 0 Å². The third kappa shape index (κ3) is 4.27. The van der Waals surface area contributed by atoms with E-state index in [-0.39, 0.29) is 17.9 Å². The van der Waals surface area contributed by atoms with Crippen LogP contribution in [0.15, 0.2) is 78.5 Å². The molecule has 1 aliphatic heterocycles. The van der Waals surface area contributed by atoms with Crippen molar-refractivity contribution in [2.24, 2.45) is 0 Å². The van der Waals surface area contributed by atoms with E-state index >= 15 is 0 Å². The summed E-state index contributed by atoms with van der Waals surface area (Å²) in [4.78, 5) is 30.5. The molecule has 1 heterocycles. The van der Waals surface area contributed by atoms with Crippen LogP contribution < -0.4 is 14.5 Å². The first-order chi connectivity index (χ1) is 15.8. The third-order valence-corrected chi connectivity index (χ3v) is 5.80. The predicted molar refractivity (Wildman–Crippen MR) is 132 cm³/mol. The van der Waals surface area contributed by atoms with Crippen LogP contribution in [-0.2, 0) is 9.59 Å². The van der Waals surface area contributed by atoms with Crippen LogP contribution in [-0.4, -0.2) is 25.0 Å². The highest BCUT2D eigenvalue weighted by atomic mass is 16.5. The summed E-state index contributed by atoms with van der Waals surface area (Å²) in [5.74, 6) is 0.00693. The van der Waals surface area contributed by atoms with E-state index < -0.39 is 0 Å². The lowest BCUT2D eigenvalue weighted by molar-refractivity contribution is -0.120. The quantitative estimate of drug-likeness (QED) is 0.474. The molecule has 3 aromatic carbocycles. The fourth-order valence-corrected chi connectivity index (χ4v) is 3.95. The van der Waals surface area contributed by atoms with E-state index in [9.17, 15) is 9.59 Å². The summed E-state index contributed by atoms with van der Waals surface area (Å²) in [7, 11) is 1.82. The monoisotopic (exact) mass is 440 g/mol. The van der Waals surface area contributed by atoms with Gasteiger partial charge in [-0.2, -0.15) is 0 Å². The zero-order valence-electron chi connectivity index (χ0n) is 19.6. The number of likely N-dealkylation sites (N-methyl/N-ethyl adjacent to an activating group) is 1. The van der Waals surface area contributed by atoms with E-state index in [1.165, 1.54) is 4.90 Å². The Morgan fingerprint density at radius 2 is 1.48 bits per heavy atom. The molecule has 0 radical (unpaired) electrons. The van der Waals surface area contributed by atoms with Gasteiger partial charge in [-0.25, -0.2) is 4.90 Å². The van der Waals surface area contributed by atoms with Gasteiger partial charge >= 0.3 is 0 Å². The van der Waals surface area contributed by atoms with Crippen LogP contribution in [0.25, 0.3) is 5.57 Å². The second-order valence-corrected chi connectivity index (χ2v) is 8.52. The number of benzene rings is 3. The van der Waals surface area contributed by atoms with E-state index in [0.29, 0.717) is 22.7 Å². The van der Waals surface area contributed by atoms with Crippen molar-refractivity contribution in [1.29, 1.82) is 0 Å². The van der Waals surface area contributed by atoms with Crippen molar-refractivity contribution in [2.75, 3.05) is 16.8 Å². The largest absolute Gasteiger partial charge is 0.491 e. The highest BCUT2D eigenvalue weighted by molar-refractivity contribution is 6.46. The Bertz CT molecular complexity index is 1230. The maximum Gasteiger partial charge on any atom is 0.282 e. The molecule has 33 heavy (non-hydrogen) atoms. The molecule has 5 heteroatoms. The lowest BCUT2D eigenvalue weighted by atomic mass is 9.99. The summed E-state index contributed by atoms with van der Waals surface area (Å²) in [5.41, 5.74) is 5.03. The first-order valence-corrected chi connectivity index (χ1v) is 11.0. The summed E-state index contributed by atoms with van der Waals surface area (Å²) in [6.45, 7) is 7.94. The summed E-state index contributed by atoms with van der Waals surface area (Å²) in [6.07, 6.45) is 0.0371. The van der Waals surface area contributed by atoms with Crippen molar-refractivity contribution >= 4 is 28.8 Å². The van der Waals surface area contributed by atoms with Gasteiger partial charge in [-0.3, -0.25) is 9.59 Å². The van der Waals surface area contributed by atoms with E-state index in [4.69, 9.17) is 4.74 Å². The molecule has 4 rings (SSSR count). The molecule has 5 nitrogen and oxygen atoms in total. The second kappa shape index (κ2) is 8.94. The normalized spacial score (nSPS) is 13.8. The maximum atomic E-state index is 13.7. The average Bonchev–Trinajstić information content (AvgIpc) is 3.06. The third-order valence-electron chi connectivity index (χ3n) is 5.80. The SMILES string of the molecule is Cc1ccc(C2=C(N(C)c3ccccc3)C(=O)N(c3ccc(OC(C)C)cc3)C2=O)cc1C. The number of anilines is 2.